The molecule has 1 aromatic heterocycles. The minimum atomic E-state index is -0.303. The summed E-state index contributed by atoms with van der Waals surface area (Å²) in [6, 6.07) is 0.112. The summed E-state index contributed by atoms with van der Waals surface area (Å²) < 4.78 is 11.3. The monoisotopic (exact) mass is 345 g/mol. The average Bonchev–Trinajstić information content (AvgIpc) is 2.68. The molecule has 2 saturated heterocycles. The normalized spacial score (nSPS) is 29.7. The van der Waals surface area contributed by atoms with Gasteiger partial charge in [0.1, 0.15) is 5.69 Å². The molecule has 0 spiro atoms. The van der Waals surface area contributed by atoms with E-state index in [9.17, 15) is 9.59 Å². The summed E-state index contributed by atoms with van der Waals surface area (Å²) in [7, 11) is 0. The third-order valence-electron chi connectivity index (χ3n) is 5.69. The minimum Gasteiger partial charge on any atom is -0.380 e. The number of aromatic amines is 1. The maximum absolute atomic E-state index is 13.0. The molecule has 0 unspecified atom stereocenters. The fraction of sp³-hybridized carbons (Fsp3) is 0.611. The van der Waals surface area contributed by atoms with Crippen LogP contribution < -0.4 is 5.56 Å². The Morgan fingerprint density at radius 3 is 3.04 bits per heavy atom. The predicted octanol–water partition coefficient (Wildman–Crippen LogP) is 1.13. The van der Waals surface area contributed by atoms with E-state index in [4.69, 9.17) is 9.47 Å². The maximum Gasteiger partial charge on any atom is 0.274 e. The molecule has 4 heterocycles. The molecule has 0 saturated carbocycles. The molecule has 2 atom stereocenters. The number of carbonyl (C=O) groups excluding carboxylic acids is 1. The van der Waals surface area contributed by atoms with E-state index in [1.807, 2.05) is 4.90 Å². The second-order valence-corrected chi connectivity index (χ2v) is 6.97. The molecule has 1 aromatic rings. The Balaban J connectivity index is 1.67. The Labute approximate surface area is 146 Å². The number of H-pyrrole nitrogens is 1. The molecule has 0 bridgehead atoms. The molecular weight excluding hydrogens is 322 g/mol. The van der Waals surface area contributed by atoms with Crippen molar-refractivity contribution in [3.63, 3.8) is 0 Å². The smallest absolute Gasteiger partial charge is 0.274 e. The zero-order valence-corrected chi connectivity index (χ0v) is 14.2. The Morgan fingerprint density at radius 2 is 2.28 bits per heavy atom. The third-order valence-corrected chi connectivity index (χ3v) is 5.69. The van der Waals surface area contributed by atoms with Gasteiger partial charge in [0.05, 0.1) is 26.0 Å². The first kappa shape index (κ1) is 16.5. The number of aromatic nitrogens is 2. The highest BCUT2D eigenvalue weighted by molar-refractivity contribution is 5.92. The van der Waals surface area contributed by atoms with Crippen LogP contribution in [0.2, 0.25) is 0 Å². The van der Waals surface area contributed by atoms with Crippen LogP contribution in [0.5, 0.6) is 0 Å². The zero-order valence-electron chi connectivity index (χ0n) is 14.2. The van der Waals surface area contributed by atoms with Crippen LogP contribution in [0, 0.1) is 5.41 Å². The van der Waals surface area contributed by atoms with Crippen LogP contribution in [-0.2, 0) is 9.47 Å². The number of nitrogens with one attached hydrogen (secondary N) is 1. The van der Waals surface area contributed by atoms with Crippen molar-refractivity contribution in [1.82, 2.24) is 14.9 Å². The molecule has 25 heavy (non-hydrogen) atoms. The van der Waals surface area contributed by atoms with Crippen LogP contribution >= 0.6 is 0 Å². The topological polar surface area (TPSA) is 84.5 Å². The van der Waals surface area contributed by atoms with E-state index in [1.165, 1.54) is 11.8 Å². The fourth-order valence-corrected chi connectivity index (χ4v) is 4.53. The first-order valence-electron chi connectivity index (χ1n) is 8.91. The van der Waals surface area contributed by atoms with Gasteiger partial charge in [-0.05, 0) is 25.7 Å². The molecule has 4 rings (SSSR count). The molecule has 1 amide bonds. The summed E-state index contributed by atoms with van der Waals surface area (Å²) >= 11 is 0. The molecule has 0 aromatic carbocycles. The molecular formula is C18H23N3O4. The number of amides is 1. The Kier molecular flexibility index (Phi) is 4.43. The number of piperidine rings is 1. The van der Waals surface area contributed by atoms with E-state index in [-0.39, 0.29) is 22.9 Å². The SMILES string of the molecule is O=C(c1c[nH]c(=O)cn1)N1CCC[C@]2(C3=CCOCC3)COCC[C@@H]12. The number of hydrogen-bond acceptors (Lipinski definition) is 5. The number of rotatable bonds is 2. The van der Waals surface area contributed by atoms with Gasteiger partial charge in [-0.3, -0.25) is 9.59 Å². The van der Waals surface area contributed by atoms with E-state index in [0.29, 0.717) is 25.5 Å². The maximum atomic E-state index is 13.0. The number of hydrogen-bond donors (Lipinski definition) is 1. The van der Waals surface area contributed by atoms with Crippen molar-refractivity contribution < 1.29 is 14.3 Å². The number of likely N-dealkylation sites (tertiary alicyclic amines) is 1. The van der Waals surface area contributed by atoms with Gasteiger partial charge in [0.25, 0.3) is 11.5 Å². The second kappa shape index (κ2) is 6.72. The predicted molar refractivity (Wildman–Crippen MR) is 90.3 cm³/mol. The molecule has 2 fully saturated rings. The van der Waals surface area contributed by atoms with Gasteiger partial charge >= 0.3 is 0 Å². The van der Waals surface area contributed by atoms with Crippen molar-refractivity contribution >= 4 is 5.91 Å². The summed E-state index contributed by atoms with van der Waals surface area (Å²) in [5.41, 5.74) is 1.25. The van der Waals surface area contributed by atoms with Gasteiger partial charge in [-0.25, -0.2) is 4.98 Å². The zero-order chi connectivity index (χ0) is 17.3. The lowest BCUT2D eigenvalue weighted by molar-refractivity contribution is -0.0740. The van der Waals surface area contributed by atoms with E-state index in [2.05, 4.69) is 16.0 Å². The van der Waals surface area contributed by atoms with Crippen molar-refractivity contribution in [3.8, 4) is 0 Å². The highest BCUT2D eigenvalue weighted by Gasteiger charge is 2.50. The lowest BCUT2D eigenvalue weighted by Gasteiger charge is -2.54. The first-order chi connectivity index (χ1) is 12.2. The minimum absolute atomic E-state index is 0.111. The number of nitrogens with zero attached hydrogens (tertiary/aromatic N) is 2. The number of ether oxygens (including phenoxy) is 2. The molecule has 0 radical (unpaired) electrons. The van der Waals surface area contributed by atoms with Crippen LogP contribution in [0.4, 0.5) is 0 Å². The van der Waals surface area contributed by atoms with Gasteiger partial charge in [-0.1, -0.05) is 11.6 Å². The van der Waals surface area contributed by atoms with Crippen LogP contribution in [-0.4, -0.2) is 59.8 Å². The molecule has 134 valence electrons. The van der Waals surface area contributed by atoms with Gasteiger partial charge in [0.15, 0.2) is 0 Å². The highest BCUT2D eigenvalue weighted by Crippen LogP contribution is 2.48. The number of carbonyl (C=O) groups is 1. The van der Waals surface area contributed by atoms with Gasteiger partial charge in [-0.2, -0.15) is 0 Å². The quantitative estimate of drug-likeness (QED) is 0.812. The second-order valence-electron chi connectivity index (χ2n) is 6.97. The number of fused-ring (bicyclic) bond motifs is 1. The van der Waals surface area contributed by atoms with Crippen molar-refractivity contribution in [2.24, 2.45) is 5.41 Å². The third kappa shape index (κ3) is 2.91. The molecule has 7 nitrogen and oxygen atoms in total. The molecule has 0 aliphatic carbocycles. The van der Waals surface area contributed by atoms with E-state index in [1.54, 1.807) is 0 Å². The standard InChI is InChI=1S/C18H23N3O4/c22-16-11-19-14(10-20-16)17(23)21-6-1-5-18(12-25-9-4-15(18)21)13-2-7-24-8-3-13/h2,10-11,15H,1,3-9,12H2,(H,20,22)/t15-,18-/m1/s1. The molecule has 3 aliphatic rings. The van der Waals surface area contributed by atoms with Crippen LogP contribution in [0.1, 0.15) is 36.2 Å². The summed E-state index contributed by atoms with van der Waals surface area (Å²) in [4.78, 5) is 32.8. The summed E-state index contributed by atoms with van der Waals surface area (Å²) in [6.45, 7) is 3.41. The Bertz CT molecular complexity index is 720. The molecule has 1 N–H and O–H groups in total. The van der Waals surface area contributed by atoms with Gasteiger partial charge < -0.3 is 19.4 Å². The summed E-state index contributed by atoms with van der Waals surface area (Å²) in [6.07, 6.45) is 8.45. The van der Waals surface area contributed by atoms with E-state index >= 15 is 0 Å². The summed E-state index contributed by atoms with van der Waals surface area (Å²) in [5, 5.41) is 0. The van der Waals surface area contributed by atoms with Crippen LogP contribution in [0.25, 0.3) is 0 Å². The van der Waals surface area contributed by atoms with Crippen molar-refractivity contribution in [2.45, 2.75) is 31.7 Å². The van der Waals surface area contributed by atoms with Gasteiger partial charge in [0, 0.05) is 30.8 Å². The molecule has 7 heteroatoms. The van der Waals surface area contributed by atoms with Crippen LogP contribution in [0.15, 0.2) is 28.8 Å². The molecule has 3 aliphatic heterocycles. The Hall–Kier alpha value is -1.99. The van der Waals surface area contributed by atoms with Crippen LogP contribution in [0.3, 0.4) is 0 Å². The van der Waals surface area contributed by atoms with Gasteiger partial charge in [-0.15, -0.1) is 0 Å². The van der Waals surface area contributed by atoms with Crippen molar-refractivity contribution in [1.29, 1.82) is 0 Å². The summed E-state index contributed by atoms with van der Waals surface area (Å²) in [5.74, 6) is -0.111. The Morgan fingerprint density at radius 1 is 1.36 bits per heavy atom. The largest absolute Gasteiger partial charge is 0.380 e. The van der Waals surface area contributed by atoms with Crippen molar-refractivity contribution in [2.75, 3.05) is 33.0 Å². The van der Waals surface area contributed by atoms with E-state index in [0.717, 1.165) is 45.0 Å². The lowest BCUT2D eigenvalue weighted by atomic mass is 9.65. The highest BCUT2D eigenvalue weighted by atomic mass is 16.5. The van der Waals surface area contributed by atoms with Gasteiger partial charge in [0.2, 0.25) is 0 Å². The fourth-order valence-electron chi connectivity index (χ4n) is 4.53. The first-order valence-corrected chi connectivity index (χ1v) is 8.91. The average molecular weight is 345 g/mol. The lowest BCUT2D eigenvalue weighted by Crippen LogP contribution is -2.59. The van der Waals surface area contributed by atoms with Crippen molar-refractivity contribution in [3.05, 3.63) is 40.1 Å². The van der Waals surface area contributed by atoms with E-state index < -0.39 is 0 Å².